The van der Waals surface area contributed by atoms with Crippen LogP contribution in [-0.4, -0.2) is 52.2 Å². The van der Waals surface area contributed by atoms with E-state index in [0.29, 0.717) is 24.4 Å². The van der Waals surface area contributed by atoms with Crippen molar-refractivity contribution in [2.24, 2.45) is 11.7 Å². The number of carbonyl (C=O) groups excluding carboxylic acids is 3. The molecule has 1 aliphatic carbocycles. The number of nitrogens with zero attached hydrogens (tertiary/aromatic N) is 2. The predicted molar refractivity (Wildman–Crippen MR) is 97.4 cm³/mol. The van der Waals surface area contributed by atoms with Gasteiger partial charge in [0.25, 0.3) is 5.91 Å². The third-order valence-corrected chi connectivity index (χ3v) is 6.60. The Morgan fingerprint density at radius 1 is 1.19 bits per heavy atom. The van der Waals surface area contributed by atoms with Crippen molar-refractivity contribution in [3.05, 3.63) is 34.9 Å². The molecule has 0 spiro atoms. The normalized spacial score (nSPS) is 27.4. The second kappa shape index (κ2) is 5.87. The molecule has 1 aromatic rings. The molecule has 3 N–H and O–H groups in total. The summed E-state index contributed by atoms with van der Waals surface area (Å²) < 4.78 is 0. The van der Waals surface area contributed by atoms with E-state index >= 15 is 0 Å². The molecular weight excluding hydrogens is 344 g/mol. The van der Waals surface area contributed by atoms with E-state index in [4.69, 9.17) is 5.73 Å². The Bertz CT molecular complexity index is 842. The summed E-state index contributed by atoms with van der Waals surface area (Å²) in [5, 5.41) is 2.34. The standard InChI is InChI=1S/C20H24N4O3/c21-20(5-6-20)14-10-23(11-14)8-12-1-2-13-9-24(19(27)15(13)7-12)16-3-4-17(25)22-18(16)26/h1-2,7,14,16H,3-6,8-11,21H2,(H,22,25,26). The van der Waals surface area contributed by atoms with Gasteiger partial charge in [-0.1, -0.05) is 12.1 Å². The number of likely N-dealkylation sites (tertiary alicyclic amines) is 1. The minimum absolute atomic E-state index is 0.0901. The number of nitrogens with one attached hydrogen (secondary N) is 1. The molecule has 1 saturated carbocycles. The zero-order valence-corrected chi connectivity index (χ0v) is 15.2. The van der Waals surface area contributed by atoms with E-state index in [2.05, 4.69) is 16.3 Å². The van der Waals surface area contributed by atoms with E-state index in [1.54, 1.807) is 4.90 Å². The summed E-state index contributed by atoms with van der Waals surface area (Å²) in [5.41, 5.74) is 9.12. The third-order valence-electron chi connectivity index (χ3n) is 6.60. The third kappa shape index (κ3) is 2.85. The van der Waals surface area contributed by atoms with Crippen LogP contribution in [0.2, 0.25) is 0 Å². The van der Waals surface area contributed by atoms with Gasteiger partial charge in [-0.3, -0.25) is 24.6 Å². The summed E-state index contributed by atoms with van der Waals surface area (Å²) in [5.74, 6) is -0.130. The van der Waals surface area contributed by atoms with Crippen molar-refractivity contribution < 1.29 is 14.4 Å². The van der Waals surface area contributed by atoms with Gasteiger partial charge in [0.05, 0.1) is 0 Å². The Morgan fingerprint density at radius 2 is 1.96 bits per heavy atom. The van der Waals surface area contributed by atoms with E-state index in [1.807, 2.05) is 12.1 Å². The average molecular weight is 368 g/mol. The molecule has 4 aliphatic rings. The Balaban J connectivity index is 1.26. The molecule has 3 aliphatic heterocycles. The number of amides is 3. The molecule has 1 atom stereocenters. The van der Waals surface area contributed by atoms with E-state index in [0.717, 1.165) is 43.6 Å². The van der Waals surface area contributed by atoms with Crippen molar-refractivity contribution in [3.63, 3.8) is 0 Å². The Labute approximate surface area is 157 Å². The Morgan fingerprint density at radius 3 is 2.67 bits per heavy atom. The van der Waals surface area contributed by atoms with E-state index in [1.165, 1.54) is 0 Å². The van der Waals surface area contributed by atoms with Crippen LogP contribution in [0.1, 0.15) is 47.2 Å². The molecule has 0 radical (unpaired) electrons. The molecule has 142 valence electrons. The van der Waals surface area contributed by atoms with Crippen LogP contribution in [0.5, 0.6) is 0 Å². The number of nitrogens with two attached hydrogens (primary N) is 1. The Hall–Kier alpha value is -2.25. The van der Waals surface area contributed by atoms with Gasteiger partial charge in [-0.15, -0.1) is 0 Å². The van der Waals surface area contributed by atoms with Gasteiger partial charge >= 0.3 is 0 Å². The molecule has 3 fully saturated rings. The number of hydrogen-bond acceptors (Lipinski definition) is 5. The molecule has 7 heteroatoms. The first-order valence-electron chi connectivity index (χ1n) is 9.71. The van der Waals surface area contributed by atoms with Crippen LogP contribution in [0.3, 0.4) is 0 Å². The molecule has 3 heterocycles. The summed E-state index contributed by atoms with van der Waals surface area (Å²) in [4.78, 5) is 40.3. The van der Waals surface area contributed by atoms with E-state index in [9.17, 15) is 14.4 Å². The van der Waals surface area contributed by atoms with Crippen molar-refractivity contribution in [1.82, 2.24) is 15.1 Å². The summed E-state index contributed by atoms with van der Waals surface area (Å²) in [6.45, 7) is 3.32. The smallest absolute Gasteiger partial charge is 0.255 e. The van der Waals surface area contributed by atoms with Gasteiger partial charge in [0.2, 0.25) is 11.8 Å². The van der Waals surface area contributed by atoms with Gasteiger partial charge in [-0.2, -0.15) is 0 Å². The van der Waals surface area contributed by atoms with Crippen molar-refractivity contribution >= 4 is 17.7 Å². The molecule has 1 aromatic carbocycles. The number of hydrogen-bond donors (Lipinski definition) is 2. The highest BCUT2D eigenvalue weighted by atomic mass is 16.2. The first-order valence-corrected chi connectivity index (χ1v) is 9.71. The molecule has 2 saturated heterocycles. The second-order valence-electron chi connectivity index (χ2n) is 8.52. The maximum absolute atomic E-state index is 12.9. The number of rotatable bonds is 4. The molecule has 0 aromatic heterocycles. The summed E-state index contributed by atoms with van der Waals surface area (Å²) >= 11 is 0. The lowest BCUT2D eigenvalue weighted by Crippen LogP contribution is -2.55. The van der Waals surface area contributed by atoms with Gasteiger partial charge in [0, 0.05) is 49.6 Å². The number of carbonyl (C=O) groups is 3. The fraction of sp³-hybridized carbons (Fsp3) is 0.550. The molecule has 7 nitrogen and oxygen atoms in total. The molecule has 5 rings (SSSR count). The zero-order valence-electron chi connectivity index (χ0n) is 15.2. The van der Waals surface area contributed by atoms with Crippen LogP contribution >= 0.6 is 0 Å². The topological polar surface area (TPSA) is 95.7 Å². The highest BCUT2D eigenvalue weighted by Gasteiger charge is 2.50. The summed E-state index contributed by atoms with van der Waals surface area (Å²) in [7, 11) is 0. The van der Waals surface area contributed by atoms with Gasteiger partial charge in [-0.05, 0) is 36.5 Å². The molecule has 3 amide bonds. The molecule has 0 bridgehead atoms. The van der Waals surface area contributed by atoms with Gasteiger partial charge < -0.3 is 10.6 Å². The number of imide groups is 1. The number of fused-ring (bicyclic) bond motifs is 1. The highest BCUT2D eigenvalue weighted by Crippen LogP contribution is 2.44. The van der Waals surface area contributed by atoms with Crippen LogP contribution < -0.4 is 11.1 Å². The van der Waals surface area contributed by atoms with Crippen molar-refractivity contribution in [3.8, 4) is 0 Å². The minimum Gasteiger partial charge on any atom is -0.325 e. The van der Waals surface area contributed by atoms with Crippen molar-refractivity contribution in [2.75, 3.05) is 13.1 Å². The highest BCUT2D eigenvalue weighted by molar-refractivity contribution is 6.05. The zero-order chi connectivity index (χ0) is 18.8. The minimum atomic E-state index is -0.554. The fourth-order valence-electron chi connectivity index (χ4n) is 4.57. The number of benzene rings is 1. The van der Waals surface area contributed by atoms with Crippen LogP contribution in [0.25, 0.3) is 0 Å². The molecule has 1 unspecified atom stereocenters. The average Bonchev–Trinajstić information content (AvgIpc) is 3.26. The van der Waals surface area contributed by atoms with E-state index < -0.39 is 6.04 Å². The lowest BCUT2D eigenvalue weighted by atomic mass is 9.89. The van der Waals surface area contributed by atoms with Gasteiger partial charge in [0.15, 0.2) is 0 Å². The first kappa shape index (κ1) is 16.9. The second-order valence-corrected chi connectivity index (χ2v) is 8.52. The fourth-order valence-corrected chi connectivity index (χ4v) is 4.57. The SMILES string of the molecule is NC1(C2CN(Cc3ccc4c(c3)C(=O)N(C3CCC(=O)NC3=O)C4)C2)CC1. The molecule has 27 heavy (non-hydrogen) atoms. The monoisotopic (exact) mass is 368 g/mol. The van der Waals surface area contributed by atoms with Crippen molar-refractivity contribution in [1.29, 1.82) is 0 Å². The lowest BCUT2D eigenvalue weighted by molar-refractivity contribution is -0.136. The summed E-state index contributed by atoms with van der Waals surface area (Å²) in [6.07, 6.45) is 2.97. The van der Waals surface area contributed by atoms with E-state index in [-0.39, 0.29) is 29.7 Å². The quantitative estimate of drug-likeness (QED) is 0.749. The van der Waals surface area contributed by atoms with Crippen LogP contribution in [-0.2, 0) is 22.7 Å². The molecular formula is C20H24N4O3. The lowest BCUT2D eigenvalue weighted by Gasteiger charge is -2.42. The maximum atomic E-state index is 12.9. The van der Waals surface area contributed by atoms with Crippen LogP contribution in [0.15, 0.2) is 18.2 Å². The largest absolute Gasteiger partial charge is 0.325 e. The summed E-state index contributed by atoms with van der Waals surface area (Å²) in [6, 6.07) is 5.48. The van der Waals surface area contributed by atoms with Crippen molar-refractivity contribution in [2.45, 2.75) is 50.4 Å². The number of piperidine rings is 1. The van der Waals surface area contributed by atoms with Crippen LogP contribution in [0, 0.1) is 5.92 Å². The van der Waals surface area contributed by atoms with Gasteiger partial charge in [-0.25, -0.2) is 0 Å². The maximum Gasteiger partial charge on any atom is 0.255 e. The first-order chi connectivity index (χ1) is 12.9. The van der Waals surface area contributed by atoms with Crippen LogP contribution in [0.4, 0.5) is 0 Å². The van der Waals surface area contributed by atoms with Gasteiger partial charge in [0.1, 0.15) is 6.04 Å². The predicted octanol–water partition coefficient (Wildman–Crippen LogP) is 0.371. The Kier molecular flexibility index (Phi) is 3.67.